The molecule has 5 rings (SSSR count). The molecule has 1 saturated carbocycles. The van der Waals surface area contributed by atoms with Gasteiger partial charge in [0, 0.05) is 12.5 Å². The van der Waals surface area contributed by atoms with E-state index in [9.17, 15) is 5.11 Å². The molecule has 4 fully saturated rings. The van der Waals surface area contributed by atoms with Crippen molar-refractivity contribution in [3.63, 3.8) is 0 Å². The van der Waals surface area contributed by atoms with Crippen LogP contribution in [-0.4, -0.2) is 29.6 Å². The van der Waals surface area contributed by atoms with Gasteiger partial charge in [-0.1, -0.05) is 43.2 Å². The molecule has 2 bridgehead atoms. The Labute approximate surface area is 128 Å². The van der Waals surface area contributed by atoms with Gasteiger partial charge in [0.15, 0.2) is 0 Å². The van der Waals surface area contributed by atoms with E-state index in [-0.39, 0.29) is 0 Å². The summed E-state index contributed by atoms with van der Waals surface area (Å²) in [5, 5.41) is 11.9. The molecule has 0 unspecified atom stereocenters. The van der Waals surface area contributed by atoms with E-state index in [2.05, 4.69) is 35.2 Å². The number of piperidine rings is 3. The first-order valence-electron chi connectivity index (χ1n) is 8.78. The Morgan fingerprint density at radius 3 is 2.19 bits per heavy atom. The molecule has 1 aromatic rings. The predicted molar refractivity (Wildman–Crippen MR) is 85.0 cm³/mol. The minimum Gasteiger partial charge on any atom is -0.385 e. The normalized spacial score (nSPS) is 35.8. The van der Waals surface area contributed by atoms with E-state index in [1.54, 1.807) is 0 Å². The van der Waals surface area contributed by atoms with E-state index in [4.69, 9.17) is 0 Å². The maximum absolute atomic E-state index is 11.9. The molecule has 4 aliphatic rings. The van der Waals surface area contributed by atoms with Crippen molar-refractivity contribution in [1.82, 2.24) is 4.90 Å². The van der Waals surface area contributed by atoms with Crippen molar-refractivity contribution in [2.45, 2.75) is 44.1 Å². The van der Waals surface area contributed by atoms with E-state index < -0.39 is 5.60 Å². The molecule has 114 valence electrons. The highest BCUT2D eigenvalue weighted by molar-refractivity contribution is 5.26. The molecule has 2 nitrogen and oxygen atoms in total. The van der Waals surface area contributed by atoms with Crippen molar-refractivity contribution in [3.05, 3.63) is 35.9 Å². The molecule has 0 spiro atoms. The van der Waals surface area contributed by atoms with E-state index in [1.165, 1.54) is 57.2 Å². The lowest BCUT2D eigenvalue weighted by molar-refractivity contribution is -0.135. The molecular weight excluding hydrogens is 258 g/mol. The molecule has 21 heavy (non-hydrogen) atoms. The second-order valence-corrected chi connectivity index (χ2v) is 7.42. The Kier molecular flexibility index (Phi) is 3.55. The average Bonchev–Trinajstić information content (AvgIpc) is 3.11. The number of hydrogen-bond acceptors (Lipinski definition) is 2. The van der Waals surface area contributed by atoms with Gasteiger partial charge < -0.3 is 10.0 Å². The van der Waals surface area contributed by atoms with Crippen LogP contribution in [0.15, 0.2) is 30.3 Å². The molecular formula is C19H27NO. The SMILES string of the molecule is O[C@](c1ccccc1)(C1CCCC1)[C@H]1CN2CCC1CC2. The molecule has 2 atom stereocenters. The van der Waals surface area contributed by atoms with Crippen LogP contribution in [0.4, 0.5) is 0 Å². The monoisotopic (exact) mass is 285 g/mol. The van der Waals surface area contributed by atoms with Gasteiger partial charge >= 0.3 is 0 Å². The smallest absolute Gasteiger partial charge is 0.0967 e. The highest BCUT2D eigenvalue weighted by Crippen LogP contribution is 2.51. The van der Waals surface area contributed by atoms with Crippen molar-refractivity contribution in [1.29, 1.82) is 0 Å². The lowest BCUT2D eigenvalue weighted by atomic mass is 9.63. The molecule has 0 amide bonds. The molecule has 1 aromatic carbocycles. The number of aliphatic hydroxyl groups is 1. The van der Waals surface area contributed by atoms with Crippen molar-refractivity contribution < 1.29 is 5.11 Å². The predicted octanol–water partition coefficient (Wildman–Crippen LogP) is 3.41. The third kappa shape index (κ3) is 2.24. The maximum atomic E-state index is 11.9. The molecule has 2 heteroatoms. The Bertz CT molecular complexity index is 474. The number of nitrogens with zero attached hydrogens (tertiary/aromatic N) is 1. The lowest BCUT2D eigenvalue weighted by Crippen LogP contribution is -2.57. The molecule has 0 radical (unpaired) electrons. The van der Waals surface area contributed by atoms with Gasteiger partial charge in [0.1, 0.15) is 0 Å². The second kappa shape index (κ2) is 5.40. The Balaban J connectivity index is 1.73. The van der Waals surface area contributed by atoms with Crippen molar-refractivity contribution in [2.75, 3.05) is 19.6 Å². The Morgan fingerprint density at radius 1 is 0.952 bits per heavy atom. The van der Waals surface area contributed by atoms with E-state index in [1.807, 2.05) is 0 Å². The van der Waals surface area contributed by atoms with Gasteiger partial charge in [0.25, 0.3) is 0 Å². The fourth-order valence-corrected chi connectivity index (χ4v) is 5.29. The summed E-state index contributed by atoms with van der Waals surface area (Å²) in [6.07, 6.45) is 7.56. The van der Waals surface area contributed by atoms with Crippen LogP contribution in [0, 0.1) is 17.8 Å². The fraction of sp³-hybridized carbons (Fsp3) is 0.684. The first-order chi connectivity index (χ1) is 10.3. The average molecular weight is 285 g/mol. The van der Waals surface area contributed by atoms with Gasteiger partial charge in [-0.05, 0) is 56.2 Å². The number of rotatable bonds is 3. The van der Waals surface area contributed by atoms with Gasteiger partial charge in [0.05, 0.1) is 5.60 Å². The van der Waals surface area contributed by atoms with Crippen LogP contribution in [0.1, 0.15) is 44.1 Å². The number of fused-ring (bicyclic) bond motifs is 3. The molecule has 0 aromatic heterocycles. The highest BCUT2D eigenvalue weighted by atomic mass is 16.3. The number of benzene rings is 1. The zero-order valence-electron chi connectivity index (χ0n) is 12.9. The van der Waals surface area contributed by atoms with Crippen LogP contribution in [0.2, 0.25) is 0 Å². The van der Waals surface area contributed by atoms with Crippen molar-refractivity contribution in [3.8, 4) is 0 Å². The van der Waals surface area contributed by atoms with E-state index >= 15 is 0 Å². The third-order valence-electron chi connectivity index (χ3n) is 6.44. The second-order valence-electron chi connectivity index (χ2n) is 7.42. The van der Waals surface area contributed by atoms with Crippen LogP contribution in [0.25, 0.3) is 0 Å². The maximum Gasteiger partial charge on any atom is 0.0967 e. The van der Waals surface area contributed by atoms with Crippen LogP contribution >= 0.6 is 0 Å². The van der Waals surface area contributed by atoms with Crippen molar-refractivity contribution >= 4 is 0 Å². The summed E-state index contributed by atoms with van der Waals surface area (Å²) in [6.45, 7) is 3.60. The summed E-state index contributed by atoms with van der Waals surface area (Å²) < 4.78 is 0. The summed E-state index contributed by atoms with van der Waals surface area (Å²) >= 11 is 0. The zero-order valence-corrected chi connectivity index (χ0v) is 12.9. The molecule has 3 aliphatic heterocycles. The molecule has 1 N–H and O–H groups in total. The van der Waals surface area contributed by atoms with Crippen LogP contribution in [0.5, 0.6) is 0 Å². The topological polar surface area (TPSA) is 23.5 Å². The van der Waals surface area contributed by atoms with Gasteiger partial charge in [-0.15, -0.1) is 0 Å². The van der Waals surface area contributed by atoms with Crippen LogP contribution in [0.3, 0.4) is 0 Å². The minimum absolute atomic E-state index is 0.436. The minimum atomic E-state index is -0.596. The lowest BCUT2D eigenvalue weighted by Gasteiger charge is -2.53. The van der Waals surface area contributed by atoms with E-state index in [0.717, 1.165) is 12.5 Å². The summed E-state index contributed by atoms with van der Waals surface area (Å²) in [5.74, 6) is 1.62. The van der Waals surface area contributed by atoms with Crippen LogP contribution in [-0.2, 0) is 5.60 Å². The van der Waals surface area contributed by atoms with Gasteiger partial charge in [-0.3, -0.25) is 0 Å². The summed E-state index contributed by atoms with van der Waals surface area (Å²) in [5.41, 5.74) is 0.581. The molecule has 3 heterocycles. The zero-order chi connectivity index (χ0) is 14.3. The fourth-order valence-electron chi connectivity index (χ4n) is 5.29. The van der Waals surface area contributed by atoms with Crippen LogP contribution < -0.4 is 0 Å². The molecule has 1 aliphatic carbocycles. The van der Waals surface area contributed by atoms with Crippen molar-refractivity contribution in [2.24, 2.45) is 17.8 Å². The summed E-state index contributed by atoms with van der Waals surface area (Å²) in [4.78, 5) is 2.58. The first-order valence-corrected chi connectivity index (χ1v) is 8.78. The Morgan fingerprint density at radius 2 is 1.62 bits per heavy atom. The van der Waals surface area contributed by atoms with Gasteiger partial charge in [-0.2, -0.15) is 0 Å². The quantitative estimate of drug-likeness (QED) is 0.920. The highest BCUT2D eigenvalue weighted by Gasteiger charge is 2.51. The van der Waals surface area contributed by atoms with Gasteiger partial charge in [0.2, 0.25) is 0 Å². The third-order valence-corrected chi connectivity index (χ3v) is 6.44. The Hall–Kier alpha value is -0.860. The van der Waals surface area contributed by atoms with Gasteiger partial charge in [-0.25, -0.2) is 0 Å². The number of hydrogen-bond donors (Lipinski definition) is 1. The standard InChI is InChI=1S/C19H27NO/c21-19(17-8-4-5-9-17,16-6-2-1-3-7-16)18-14-20-12-10-15(18)11-13-20/h1-3,6-7,15,17-18,21H,4-5,8-14H2/t18-,19+/m0/s1. The first kappa shape index (κ1) is 13.8. The summed E-state index contributed by atoms with van der Waals surface area (Å²) in [7, 11) is 0. The molecule has 3 saturated heterocycles. The largest absolute Gasteiger partial charge is 0.385 e. The summed E-state index contributed by atoms with van der Waals surface area (Å²) in [6, 6.07) is 10.6. The van der Waals surface area contributed by atoms with E-state index in [0.29, 0.717) is 11.8 Å².